The molecule has 4 nitrogen and oxygen atoms in total. The summed E-state index contributed by atoms with van der Waals surface area (Å²) >= 11 is 0. The fraction of sp³-hybridized carbons (Fsp3) is 0.250. The molecule has 0 unspecified atom stereocenters. The van der Waals surface area contributed by atoms with Crippen molar-refractivity contribution in [2.45, 2.75) is 4.90 Å². The van der Waals surface area contributed by atoms with Crippen molar-refractivity contribution in [3.05, 3.63) is 24.3 Å². The van der Waals surface area contributed by atoms with Crippen molar-refractivity contribution in [3.63, 3.8) is 0 Å². The van der Waals surface area contributed by atoms with E-state index < -0.39 is 10.1 Å². The van der Waals surface area contributed by atoms with Crippen molar-refractivity contribution >= 4 is 15.8 Å². The number of hydrogen-bond acceptors (Lipinski definition) is 3. The van der Waals surface area contributed by atoms with Crippen molar-refractivity contribution in [1.82, 2.24) is 0 Å². The van der Waals surface area contributed by atoms with E-state index in [1.165, 1.54) is 12.1 Å². The number of anilines is 1. The smallest absolute Gasteiger partial charge is 0.378 e. The van der Waals surface area contributed by atoms with E-state index in [9.17, 15) is 8.42 Å². The van der Waals surface area contributed by atoms with Crippen molar-refractivity contribution in [2.24, 2.45) is 0 Å². The molecule has 0 aromatic heterocycles. The molecule has 0 bridgehead atoms. The summed E-state index contributed by atoms with van der Waals surface area (Å²) in [5.74, 6) is 0. The predicted molar refractivity (Wildman–Crippen MR) is 50.6 cm³/mol. The summed E-state index contributed by atoms with van der Waals surface area (Å²) in [4.78, 5) is 1.67. The second-order valence-corrected chi connectivity index (χ2v) is 4.29. The third-order valence-corrected chi connectivity index (χ3v) is 2.48. The Balaban J connectivity index is 0.00000169. The van der Waals surface area contributed by atoms with Gasteiger partial charge in [0.15, 0.2) is 0 Å². The first kappa shape index (κ1) is 13.9. The number of benzene rings is 1. The fourth-order valence-corrected chi connectivity index (χ4v) is 1.44. The minimum Gasteiger partial charge on any atom is -0.378 e. The van der Waals surface area contributed by atoms with Crippen molar-refractivity contribution in [3.8, 4) is 0 Å². The molecule has 14 heavy (non-hydrogen) atoms. The molecule has 72 valence electrons. The molecule has 0 aliphatic rings. The Kier molecular flexibility index (Phi) is 5.11. The van der Waals surface area contributed by atoms with Crippen molar-refractivity contribution in [2.75, 3.05) is 19.0 Å². The van der Waals surface area contributed by atoms with Gasteiger partial charge in [0.05, 0.1) is 4.90 Å². The Hall–Kier alpha value is -0.0700. The molecule has 6 heteroatoms. The van der Waals surface area contributed by atoms with Gasteiger partial charge in [0.2, 0.25) is 0 Å². The average molecular weight is 224 g/mol. The van der Waals surface area contributed by atoms with Crippen LogP contribution < -0.4 is 34.5 Å². The van der Waals surface area contributed by atoms with Gasteiger partial charge in [0.25, 0.3) is 10.1 Å². The Labute approximate surface area is 106 Å². The van der Waals surface area contributed by atoms with Gasteiger partial charge in [-0.3, -0.25) is 4.55 Å². The Morgan fingerprint density at radius 2 is 1.86 bits per heavy atom. The van der Waals surface area contributed by atoms with Crippen LogP contribution >= 0.6 is 0 Å². The van der Waals surface area contributed by atoms with E-state index in [1.807, 2.05) is 0 Å². The molecule has 1 aromatic carbocycles. The monoisotopic (exact) mass is 224 g/mol. The van der Waals surface area contributed by atoms with Crippen LogP contribution in [0, 0.1) is 0 Å². The van der Waals surface area contributed by atoms with Crippen molar-refractivity contribution in [1.29, 1.82) is 0 Å². The number of hydrogen-bond donors (Lipinski definition) is 1. The molecule has 0 heterocycles. The van der Waals surface area contributed by atoms with E-state index in [-0.39, 0.29) is 34.5 Å². The molecule has 0 amide bonds. The minimum absolute atomic E-state index is 0. The van der Waals surface area contributed by atoms with Gasteiger partial charge in [0.1, 0.15) is 0 Å². The summed E-state index contributed by atoms with van der Waals surface area (Å²) in [7, 11) is -0.496. The summed E-state index contributed by atoms with van der Waals surface area (Å²) < 4.78 is 30.2. The second-order valence-electron chi connectivity index (χ2n) is 2.87. The van der Waals surface area contributed by atoms with Gasteiger partial charge >= 0.3 is 29.6 Å². The molecule has 0 saturated heterocycles. The first-order valence-corrected chi connectivity index (χ1v) is 5.10. The van der Waals surface area contributed by atoms with Crippen LogP contribution in [-0.2, 0) is 10.1 Å². The maximum absolute atomic E-state index is 10.7. The zero-order valence-electron chi connectivity index (χ0n) is 8.43. The fourth-order valence-electron chi connectivity index (χ4n) is 0.922. The molecule has 1 aromatic rings. The topological polar surface area (TPSA) is 57.6 Å². The molecular formula is C8H11NNaO3S+. The molecule has 0 aliphatic carbocycles. The van der Waals surface area contributed by atoms with E-state index in [0.29, 0.717) is 0 Å². The summed E-state index contributed by atoms with van der Waals surface area (Å²) in [5.41, 5.74) is 0.732. The third kappa shape index (κ3) is 3.59. The van der Waals surface area contributed by atoms with Crippen LogP contribution in [0.3, 0.4) is 0 Å². The molecular weight excluding hydrogens is 213 g/mol. The largest absolute Gasteiger partial charge is 1.00 e. The molecule has 0 radical (unpaired) electrons. The van der Waals surface area contributed by atoms with Crippen LogP contribution in [0.15, 0.2) is 29.2 Å². The van der Waals surface area contributed by atoms with E-state index in [1.54, 1.807) is 31.1 Å². The van der Waals surface area contributed by atoms with E-state index in [0.717, 1.165) is 5.69 Å². The van der Waals surface area contributed by atoms with Crippen LogP contribution in [0.4, 0.5) is 5.69 Å². The average Bonchev–Trinajstić information content (AvgIpc) is 2.03. The summed E-state index contributed by atoms with van der Waals surface area (Å²) in [6.07, 6.45) is 0. The van der Waals surface area contributed by atoms with Crippen LogP contribution in [0.2, 0.25) is 0 Å². The first-order valence-electron chi connectivity index (χ1n) is 3.66. The van der Waals surface area contributed by atoms with Gasteiger partial charge in [0, 0.05) is 19.8 Å². The quantitative estimate of drug-likeness (QED) is 0.466. The SMILES string of the molecule is CN(C)c1cccc(S(=O)(=O)O)c1.[Na+]. The normalized spacial score (nSPS) is 10.5. The van der Waals surface area contributed by atoms with E-state index in [4.69, 9.17) is 4.55 Å². The molecule has 0 fully saturated rings. The maximum Gasteiger partial charge on any atom is 1.00 e. The van der Waals surface area contributed by atoms with Crippen LogP contribution in [0.5, 0.6) is 0 Å². The minimum atomic E-state index is -4.09. The summed E-state index contributed by atoms with van der Waals surface area (Å²) in [6, 6.07) is 6.10. The predicted octanol–water partition coefficient (Wildman–Crippen LogP) is -2.00. The number of rotatable bonds is 2. The van der Waals surface area contributed by atoms with Gasteiger partial charge in [-0.15, -0.1) is 0 Å². The number of nitrogens with zero attached hydrogens (tertiary/aromatic N) is 1. The van der Waals surface area contributed by atoms with Gasteiger partial charge in [-0.05, 0) is 18.2 Å². The van der Waals surface area contributed by atoms with Crippen LogP contribution in [0.25, 0.3) is 0 Å². The van der Waals surface area contributed by atoms with Gasteiger partial charge in [-0.1, -0.05) is 6.07 Å². The third-order valence-electron chi connectivity index (χ3n) is 1.63. The molecule has 1 rings (SSSR count). The zero-order chi connectivity index (χ0) is 10.1. The summed E-state index contributed by atoms with van der Waals surface area (Å²) in [5, 5.41) is 0. The standard InChI is InChI=1S/C8H11NO3S.Na/c1-9(2)7-4-3-5-8(6-7)13(10,11)12;/h3-6H,1-2H3,(H,10,11,12);/q;+1. The Morgan fingerprint density at radius 1 is 1.29 bits per heavy atom. The van der Waals surface area contributed by atoms with Gasteiger partial charge < -0.3 is 4.90 Å². The first-order chi connectivity index (χ1) is 5.91. The zero-order valence-corrected chi connectivity index (χ0v) is 11.2. The molecule has 1 N–H and O–H groups in total. The van der Waals surface area contributed by atoms with E-state index >= 15 is 0 Å². The van der Waals surface area contributed by atoms with Crippen LogP contribution in [-0.4, -0.2) is 27.1 Å². The molecule has 0 atom stereocenters. The maximum atomic E-state index is 10.7. The summed E-state index contributed by atoms with van der Waals surface area (Å²) in [6.45, 7) is 0. The van der Waals surface area contributed by atoms with Crippen molar-refractivity contribution < 1.29 is 42.5 Å². The molecule has 0 spiro atoms. The Morgan fingerprint density at radius 3 is 2.29 bits per heavy atom. The molecule has 0 aliphatic heterocycles. The molecule has 0 saturated carbocycles. The van der Waals surface area contributed by atoms with E-state index in [2.05, 4.69) is 0 Å². The van der Waals surface area contributed by atoms with Gasteiger partial charge in [-0.25, -0.2) is 0 Å². The van der Waals surface area contributed by atoms with Gasteiger partial charge in [-0.2, -0.15) is 8.42 Å². The van der Waals surface area contributed by atoms with Crippen LogP contribution in [0.1, 0.15) is 0 Å². The second kappa shape index (κ2) is 5.14. The Bertz CT molecular complexity index is 403.